The van der Waals surface area contributed by atoms with Gasteiger partial charge in [-0.25, -0.2) is 4.98 Å². The second kappa shape index (κ2) is 9.75. The minimum Gasteiger partial charge on any atom is -0.306 e. The van der Waals surface area contributed by atoms with Crippen LogP contribution in [0.25, 0.3) is 17.0 Å². The molecule has 0 fully saturated rings. The number of anilines is 1. The third kappa shape index (κ3) is 4.80. The van der Waals surface area contributed by atoms with Gasteiger partial charge in [0.2, 0.25) is 5.95 Å². The second-order valence-corrected chi connectivity index (χ2v) is 8.84. The first kappa shape index (κ1) is 24.6. The zero-order chi connectivity index (χ0) is 27.0. The van der Waals surface area contributed by atoms with Crippen LogP contribution in [0.5, 0.6) is 0 Å². The van der Waals surface area contributed by atoms with Gasteiger partial charge in [0.1, 0.15) is 5.82 Å². The largest absolute Gasteiger partial charge is 0.306 e. The van der Waals surface area contributed by atoms with E-state index < -0.39 is 27.1 Å². The molecule has 3 aromatic carbocycles. The van der Waals surface area contributed by atoms with Gasteiger partial charge < -0.3 is 9.88 Å². The lowest BCUT2D eigenvalue weighted by Crippen LogP contribution is -2.18. The van der Waals surface area contributed by atoms with Crippen LogP contribution >= 0.6 is 11.6 Å². The Morgan fingerprint density at radius 1 is 0.974 bits per heavy atom. The van der Waals surface area contributed by atoms with Gasteiger partial charge >= 0.3 is 0 Å². The number of rotatable bonds is 7. The Kier molecular flexibility index (Phi) is 6.31. The van der Waals surface area contributed by atoms with Gasteiger partial charge in [-0.3, -0.25) is 25.0 Å². The number of aromatic nitrogens is 4. The maximum Gasteiger partial charge on any atom is 0.277 e. The molecule has 2 heterocycles. The zero-order valence-corrected chi connectivity index (χ0v) is 20.5. The van der Waals surface area contributed by atoms with Gasteiger partial charge in [0.15, 0.2) is 0 Å². The average Bonchev–Trinajstić information content (AvgIpc) is 3.44. The molecule has 0 atom stereocenters. The number of carbonyl (C=O) groups excluding carboxylic acids is 1. The summed E-state index contributed by atoms with van der Waals surface area (Å²) in [6, 6.07) is 19.2. The number of nitro groups is 2. The molecular formula is C25H18ClN7O5. The van der Waals surface area contributed by atoms with Crippen LogP contribution in [0, 0.1) is 27.2 Å². The number of nitrogens with one attached hydrogen (secondary N) is 1. The summed E-state index contributed by atoms with van der Waals surface area (Å²) in [5, 5.41) is 30.3. The molecule has 190 valence electrons. The molecule has 1 amide bonds. The van der Waals surface area contributed by atoms with Crippen molar-refractivity contribution in [1.82, 2.24) is 19.3 Å². The van der Waals surface area contributed by atoms with Gasteiger partial charge in [0.25, 0.3) is 17.3 Å². The zero-order valence-electron chi connectivity index (χ0n) is 19.7. The Labute approximate surface area is 219 Å². The molecule has 0 saturated carbocycles. The Bertz CT molecular complexity index is 1690. The Morgan fingerprint density at radius 2 is 1.63 bits per heavy atom. The van der Waals surface area contributed by atoms with E-state index in [2.05, 4.69) is 10.4 Å². The monoisotopic (exact) mass is 531 g/mol. The van der Waals surface area contributed by atoms with Gasteiger partial charge in [-0.05, 0) is 36.8 Å². The Hall–Kier alpha value is -5.10. The minimum atomic E-state index is -0.794. The number of amides is 1. The fourth-order valence-electron chi connectivity index (χ4n) is 4.02. The highest BCUT2D eigenvalue weighted by Gasteiger charge is 2.23. The molecule has 1 N–H and O–H groups in total. The van der Waals surface area contributed by atoms with Crippen molar-refractivity contribution < 1.29 is 14.6 Å². The summed E-state index contributed by atoms with van der Waals surface area (Å²) < 4.78 is 3.38. The van der Waals surface area contributed by atoms with Gasteiger partial charge in [-0.2, -0.15) is 9.78 Å². The van der Waals surface area contributed by atoms with E-state index in [0.717, 1.165) is 29.3 Å². The van der Waals surface area contributed by atoms with Crippen molar-refractivity contribution in [2.24, 2.45) is 0 Å². The molecular weight excluding hydrogens is 514 g/mol. The summed E-state index contributed by atoms with van der Waals surface area (Å²) in [4.78, 5) is 38.8. The van der Waals surface area contributed by atoms with Gasteiger partial charge in [-0.15, -0.1) is 0 Å². The first-order chi connectivity index (χ1) is 18.2. The number of aryl methyl sites for hydroxylation is 1. The lowest BCUT2D eigenvalue weighted by Gasteiger charge is -2.12. The van der Waals surface area contributed by atoms with Crippen LogP contribution in [0.3, 0.4) is 0 Å². The molecule has 0 aliphatic carbocycles. The summed E-state index contributed by atoms with van der Waals surface area (Å²) in [7, 11) is 0. The molecule has 0 unspecified atom stereocenters. The van der Waals surface area contributed by atoms with Crippen molar-refractivity contribution in [2.75, 3.05) is 5.32 Å². The topological polar surface area (TPSA) is 151 Å². The fraction of sp³-hybridized carbons (Fsp3) is 0.0800. The van der Waals surface area contributed by atoms with E-state index in [1.807, 2.05) is 41.0 Å². The maximum atomic E-state index is 13.1. The van der Waals surface area contributed by atoms with Crippen LogP contribution in [0.1, 0.15) is 21.6 Å². The van der Waals surface area contributed by atoms with Crippen molar-refractivity contribution in [1.29, 1.82) is 0 Å². The predicted octanol–water partition coefficient (Wildman–Crippen LogP) is 5.30. The van der Waals surface area contributed by atoms with Crippen LogP contribution in [-0.2, 0) is 6.54 Å². The molecule has 2 aromatic heterocycles. The molecule has 12 nitrogen and oxygen atoms in total. The average molecular weight is 532 g/mol. The number of nitrogens with zero attached hydrogens (tertiary/aromatic N) is 6. The van der Waals surface area contributed by atoms with Crippen molar-refractivity contribution in [3.8, 4) is 5.95 Å². The third-order valence-electron chi connectivity index (χ3n) is 5.74. The molecule has 0 radical (unpaired) electrons. The van der Waals surface area contributed by atoms with E-state index in [1.54, 1.807) is 25.1 Å². The standard InChI is InChI=1S/C25H18ClN7O5/c1-15-10-23(28-24(34)17-11-19(32(35)36)13-20(12-17)33(37)38)31(29-15)25-27-21-4-2-3-5-22(21)30(25)14-16-6-8-18(26)9-7-16/h2-13H,14H2,1H3,(H,28,34). The Balaban J connectivity index is 1.57. The molecule has 13 heteroatoms. The van der Waals surface area contributed by atoms with Crippen LogP contribution in [0.4, 0.5) is 17.2 Å². The normalized spacial score (nSPS) is 11.0. The van der Waals surface area contributed by atoms with Gasteiger partial charge in [-0.1, -0.05) is 35.9 Å². The van der Waals surface area contributed by atoms with Crippen molar-refractivity contribution >= 4 is 45.7 Å². The van der Waals surface area contributed by atoms with Crippen molar-refractivity contribution in [2.45, 2.75) is 13.5 Å². The second-order valence-electron chi connectivity index (χ2n) is 8.40. The first-order valence-corrected chi connectivity index (χ1v) is 11.6. The fourth-order valence-corrected chi connectivity index (χ4v) is 4.15. The number of carbonyl (C=O) groups is 1. The number of hydrogen-bond donors (Lipinski definition) is 1. The summed E-state index contributed by atoms with van der Waals surface area (Å²) >= 11 is 6.04. The van der Waals surface area contributed by atoms with Gasteiger partial charge in [0.05, 0.1) is 44.7 Å². The molecule has 0 saturated heterocycles. The number of fused-ring (bicyclic) bond motifs is 1. The van der Waals surface area contributed by atoms with Crippen molar-refractivity contribution in [3.05, 3.63) is 115 Å². The van der Waals surface area contributed by atoms with E-state index >= 15 is 0 Å². The maximum absolute atomic E-state index is 13.1. The summed E-state index contributed by atoms with van der Waals surface area (Å²) in [5.41, 5.74) is 1.67. The molecule has 38 heavy (non-hydrogen) atoms. The molecule has 0 aliphatic heterocycles. The first-order valence-electron chi connectivity index (χ1n) is 11.2. The van der Waals surface area contributed by atoms with Crippen LogP contribution in [0.2, 0.25) is 5.02 Å². The van der Waals surface area contributed by atoms with E-state index in [9.17, 15) is 25.0 Å². The summed E-state index contributed by atoms with van der Waals surface area (Å²) in [6.45, 7) is 2.16. The van der Waals surface area contributed by atoms with Gasteiger partial charge in [0, 0.05) is 23.2 Å². The highest BCUT2D eigenvalue weighted by atomic mass is 35.5. The number of hydrogen-bond acceptors (Lipinski definition) is 7. The number of imidazole rings is 1. The van der Waals surface area contributed by atoms with Crippen LogP contribution in [-0.4, -0.2) is 35.1 Å². The minimum absolute atomic E-state index is 0.231. The molecule has 5 aromatic rings. The number of nitro benzene ring substituents is 2. The highest BCUT2D eigenvalue weighted by molar-refractivity contribution is 6.30. The number of halogens is 1. The molecule has 0 spiro atoms. The number of para-hydroxylation sites is 2. The molecule has 5 rings (SSSR count). The number of benzene rings is 3. The van der Waals surface area contributed by atoms with Crippen molar-refractivity contribution in [3.63, 3.8) is 0 Å². The Morgan fingerprint density at radius 3 is 2.29 bits per heavy atom. The van der Waals surface area contributed by atoms with E-state index in [4.69, 9.17) is 16.6 Å². The molecule has 0 bridgehead atoms. The quantitative estimate of drug-likeness (QED) is 0.221. The lowest BCUT2D eigenvalue weighted by atomic mass is 10.1. The lowest BCUT2D eigenvalue weighted by molar-refractivity contribution is -0.394. The van der Waals surface area contributed by atoms with E-state index in [-0.39, 0.29) is 11.4 Å². The number of non-ortho nitro benzene ring substituents is 2. The van der Waals surface area contributed by atoms with E-state index in [0.29, 0.717) is 28.7 Å². The molecule has 0 aliphatic rings. The van der Waals surface area contributed by atoms with Crippen LogP contribution in [0.15, 0.2) is 72.8 Å². The third-order valence-corrected chi connectivity index (χ3v) is 5.99. The smallest absolute Gasteiger partial charge is 0.277 e. The van der Waals surface area contributed by atoms with Crippen LogP contribution < -0.4 is 5.32 Å². The highest BCUT2D eigenvalue weighted by Crippen LogP contribution is 2.26. The predicted molar refractivity (Wildman–Crippen MR) is 140 cm³/mol. The summed E-state index contributed by atoms with van der Waals surface area (Å²) in [6.07, 6.45) is 0. The van der Waals surface area contributed by atoms with E-state index in [1.165, 1.54) is 4.68 Å². The summed E-state index contributed by atoms with van der Waals surface area (Å²) in [5.74, 6) is -0.137. The SMILES string of the molecule is Cc1cc(NC(=O)c2cc([N+](=O)[O-])cc([N+](=O)[O-])c2)n(-c2nc3ccccc3n2Cc2ccc(Cl)cc2)n1.